The normalized spacial score (nSPS) is 12.6. The first kappa shape index (κ1) is 13.1. The Labute approximate surface area is 119 Å². The van der Waals surface area contributed by atoms with Gasteiger partial charge in [-0.1, -0.05) is 23.7 Å². The summed E-state index contributed by atoms with van der Waals surface area (Å²) < 4.78 is 1.17. The van der Waals surface area contributed by atoms with Gasteiger partial charge in [-0.2, -0.15) is 0 Å². The molecule has 4 heteroatoms. The molecule has 0 saturated carbocycles. The van der Waals surface area contributed by atoms with Gasteiger partial charge in [0.1, 0.15) is 0 Å². The van der Waals surface area contributed by atoms with E-state index in [1.807, 2.05) is 18.2 Å². The van der Waals surface area contributed by atoms with Crippen molar-refractivity contribution in [2.24, 2.45) is 0 Å². The molecule has 0 aliphatic heterocycles. The third-order valence-corrected chi connectivity index (χ3v) is 4.37. The second-order valence-electron chi connectivity index (χ2n) is 3.92. The van der Waals surface area contributed by atoms with Gasteiger partial charge in [0, 0.05) is 17.6 Å². The van der Waals surface area contributed by atoms with E-state index >= 15 is 0 Å². The molecule has 0 bridgehead atoms. The maximum Gasteiger partial charge on any atom is 0.0701 e. The molecular weight excluding hydrogens is 318 g/mol. The Morgan fingerprint density at radius 3 is 2.88 bits per heavy atom. The molecule has 0 radical (unpaired) electrons. The van der Waals surface area contributed by atoms with Crippen LogP contribution in [0.5, 0.6) is 0 Å². The molecule has 1 N–H and O–H groups in total. The average Bonchev–Trinajstić information content (AvgIpc) is 2.72. The lowest BCUT2D eigenvalue weighted by Gasteiger charge is -2.13. The predicted octanol–water partition coefficient (Wildman–Crippen LogP) is 5.01. The Morgan fingerprint density at radius 1 is 1.41 bits per heavy atom. The average molecular weight is 331 g/mol. The van der Waals surface area contributed by atoms with Gasteiger partial charge < -0.3 is 5.32 Å². The molecule has 2 aromatic rings. The van der Waals surface area contributed by atoms with E-state index in [0.717, 1.165) is 11.6 Å². The zero-order valence-electron chi connectivity index (χ0n) is 9.41. The highest BCUT2D eigenvalue weighted by Crippen LogP contribution is 2.22. The Balaban J connectivity index is 1.95. The first-order chi connectivity index (χ1) is 8.15. The number of benzene rings is 1. The molecule has 1 atom stereocenters. The number of hydrogen-bond acceptors (Lipinski definition) is 2. The topological polar surface area (TPSA) is 12.0 Å². The standard InChI is InChI=1S/C13H13BrClNS/c1-9(11-3-2-4-12(15)6-11)16-7-10-5-13(14)17-8-10/h2-6,8-9,16H,7H2,1H3/t9-/m1/s1. The third-order valence-electron chi connectivity index (χ3n) is 2.58. The first-order valence-corrected chi connectivity index (χ1v) is 7.42. The molecule has 1 aromatic heterocycles. The van der Waals surface area contributed by atoms with Crippen molar-refractivity contribution in [2.75, 3.05) is 0 Å². The molecule has 0 aliphatic carbocycles. The number of halogens is 2. The van der Waals surface area contributed by atoms with Gasteiger partial charge in [0.2, 0.25) is 0 Å². The second-order valence-corrected chi connectivity index (χ2v) is 6.64. The summed E-state index contributed by atoms with van der Waals surface area (Å²) >= 11 is 11.2. The van der Waals surface area contributed by atoms with Crippen LogP contribution < -0.4 is 5.32 Å². The van der Waals surface area contributed by atoms with Crippen molar-refractivity contribution >= 4 is 38.9 Å². The van der Waals surface area contributed by atoms with E-state index < -0.39 is 0 Å². The number of rotatable bonds is 4. The molecule has 0 spiro atoms. The molecule has 17 heavy (non-hydrogen) atoms. The molecule has 0 saturated heterocycles. The van der Waals surface area contributed by atoms with Crippen molar-refractivity contribution in [2.45, 2.75) is 19.5 Å². The minimum absolute atomic E-state index is 0.298. The molecule has 0 aliphatic rings. The number of thiophene rings is 1. The van der Waals surface area contributed by atoms with E-state index in [-0.39, 0.29) is 0 Å². The van der Waals surface area contributed by atoms with Crippen LogP contribution in [0, 0.1) is 0 Å². The molecule has 1 nitrogen and oxygen atoms in total. The van der Waals surface area contributed by atoms with Gasteiger partial charge >= 0.3 is 0 Å². The van der Waals surface area contributed by atoms with Gasteiger partial charge in [0.15, 0.2) is 0 Å². The minimum atomic E-state index is 0.298. The Bertz CT molecular complexity index is 498. The Kier molecular flexibility index (Phi) is 4.62. The van der Waals surface area contributed by atoms with Crippen LogP contribution >= 0.6 is 38.9 Å². The van der Waals surface area contributed by atoms with E-state index in [9.17, 15) is 0 Å². The van der Waals surface area contributed by atoms with Gasteiger partial charge in [-0.3, -0.25) is 0 Å². The SMILES string of the molecule is C[C@@H](NCc1csc(Br)c1)c1cccc(Cl)c1. The highest BCUT2D eigenvalue weighted by molar-refractivity contribution is 9.11. The van der Waals surface area contributed by atoms with Gasteiger partial charge in [0.05, 0.1) is 3.79 Å². The predicted molar refractivity (Wildman–Crippen MR) is 78.7 cm³/mol. The number of nitrogens with one attached hydrogen (secondary N) is 1. The third kappa shape index (κ3) is 3.81. The van der Waals surface area contributed by atoms with Gasteiger partial charge in [-0.15, -0.1) is 11.3 Å². The maximum atomic E-state index is 5.98. The van der Waals surface area contributed by atoms with Gasteiger partial charge in [0.25, 0.3) is 0 Å². The Hall–Kier alpha value is -0.350. The van der Waals surface area contributed by atoms with Crippen LogP contribution in [0.15, 0.2) is 39.5 Å². The van der Waals surface area contributed by atoms with Crippen molar-refractivity contribution in [3.8, 4) is 0 Å². The molecule has 0 fully saturated rings. The smallest absolute Gasteiger partial charge is 0.0701 e. The van der Waals surface area contributed by atoms with E-state index in [4.69, 9.17) is 11.6 Å². The van der Waals surface area contributed by atoms with Crippen LogP contribution in [0.3, 0.4) is 0 Å². The molecule has 1 aromatic carbocycles. The van der Waals surface area contributed by atoms with E-state index in [1.165, 1.54) is 14.9 Å². The molecular formula is C13H13BrClNS. The van der Waals surface area contributed by atoms with Crippen molar-refractivity contribution in [1.82, 2.24) is 5.32 Å². The summed E-state index contributed by atoms with van der Waals surface area (Å²) in [6, 6.07) is 10.4. The Morgan fingerprint density at radius 2 is 2.24 bits per heavy atom. The van der Waals surface area contributed by atoms with Gasteiger partial charge in [-0.05, 0) is 57.6 Å². The van der Waals surface area contributed by atoms with Gasteiger partial charge in [-0.25, -0.2) is 0 Å². The lowest BCUT2D eigenvalue weighted by Crippen LogP contribution is -2.17. The molecule has 90 valence electrons. The summed E-state index contributed by atoms with van der Waals surface area (Å²) in [5, 5.41) is 6.42. The van der Waals surface area contributed by atoms with Crippen LogP contribution in [-0.4, -0.2) is 0 Å². The van der Waals surface area contributed by atoms with Crippen molar-refractivity contribution in [3.63, 3.8) is 0 Å². The molecule has 0 unspecified atom stereocenters. The second kappa shape index (κ2) is 6.01. The van der Waals surface area contributed by atoms with Crippen molar-refractivity contribution < 1.29 is 0 Å². The quantitative estimate of drug-likeness (QED) is 0.830. The van der Waals surface area contributed by atoms with E-state index in [1.54, 1.807) is 11.3 Å². The van der Waals surface area contributed by atoms with Crippen LogP contribution in [0.25, 0.3) is 0 Å². The summed E-state index contributed by atoms with van der Waals surface area (Å²) in [6.45, 7) is 3.02. The monoisotopic (exact) mass is 329 g/mol. The lowest BCUT2D eigenvalue weighted by molar-refractivity contribution is 0.575. The van der Waals surface area contributed by atoms with Crippen LogP contribution in [-0.2, 0) is 6.54 Å². The molecule has 0 amide bonds. The highest BCUT2D eigenvalue weighted by atomic mass is 79.9. The summed E-state index contributed by atoms with van der Waals surface area (Å²) in [5.74, 6) is 0. The first-order valence-electron chi connectivity index (χ1n) is 5.37. The molecule has 1 heterocycles. The summed E-state index contributed by atoms with van der Waals surface area (Å²) in [6.07, 6.45) is 0. The summed E-state index contributed by atoms with van der Waals surface area (Å²) in [5.41, 5.74) is 2.52. The van der Waals surface area contributed by atoms with Crippen LogP contribution in [0.1, 0.15) is 24.1 Å². The number of hydrogen-bond donors (Lipinski definition) is 1. The lowest BCUT2D eigenvalue weighted by atomic mass is 10.1. The van der Waals surface area contributed by atoms with Crippen LogP contribution in [0.2, 0.25) is 5.02 Å². The fourth-order valence-corrected chi connectivity index (χ4v) is 3.01. The highest BCUT2D eigenvalue weighted by Gasteiger charge is 2.05. The van der Waals surface area contributed by atoms with E-state index in [0.29, 0.717) is 6.04 Å². The van der Waals surface area contributed by atoms with Crippen LogP contribution in [0.4, 0.5) is 0 Å². The minimum Gasteiger partial charge on any atom is -0.306 e. The largest absolute Gasteiger partial charge is 0.306 e. The van der Waals surface area contributed by atoms with Crippen molar-refractivity contribution in [3.05, 3.63) is 55.6 Å². The fraction of sp³-hybridized carbons (Fsp3) is 0.231. The zero-order chi connectivity index (χ0) is 12.3. The summed E-state index contributed by atoms with van der Waals surface area (Å²) in [7, 11) is 0. The molecule has 2 rings (SSSR count). The zero-order valence-corrected chi connectivity index (χ0v) is 12.6. The van der Waals surface area contributed by atoms with Crippen molar-refractivity contribution in [1.29, 1.82) is 0 Å². The summed E-state index contributed by atoms with van der Waals surface area (Å²) in [4.78, 5) is 0. The van der Waals surface area contributed by atoms with E-state index in [2.05, 4.69) is 45.7 Å². The fourth-order valence-electron chi connectivity index (χ4n) is 1.60. The maximum absolute atomic E-state index is 5.98.